The summed E-state index contributed by atoms with van der Waals surface area (Å²) < 4.78 is 13.1. The molecule has 0 aliphatic heterocycles. The molecule has 2 nitrogen and oxygen atoms in total. The van der Waals surface area contributed by atoms with Gasteiger partial charge in [0.15, 0.2) is 5.78 Å². The minimum Gasteiger partial charge on any atom is -0.352 e. The van der Waals surface area contributed by atoms with Crippen LogP contribution in [0.2, 0.25) is 0 Å². The van der Waals surface area contributed by atoms with Crippen LogP contribution in [0.1, 0.15) is 36.3 Å². The molecule has 90 valence electrons. The summed E-state index contributed by atoms with van der Waals surface area (Å²) in [6.07, 6.45) is 0.510. The zero-order valence-corrected chi connectivity index (χ0v) is 10.3. The number of aryl methyl sites for hydroxylation is 1. The van der Waals surface area contributed by atoms with Crippen molar-refractivity contribution in [3.63, 3.8) is 0 Å². The van der Waals surface area contributed by atoms with Gasteiger partial charge < -0.3 is 4.98 Å². The van der Waals surface area contributed by atoms with Crippen molar-refractivity contribution in [3.05, 3.63) is 35.3 Å². The summed E-state index contributed by atoms with van der Waals surface area (Å²) in [5, 5.41) is 0.789. The maximum Gasteiger partial charge on any atom is 0.179 e. The predicted octanol–water partition coefficient (Wildman–Crippen LogP) is 3.84. The number of nitrogens with one attached hydrogen (secondary N) is 1. The third-order valence-electron chi connectivity index (χ3n) is 2.89. The number of aromatic nitrogens is 1. The average Bonchev–Trinajstić information content (AvgIpc) is 2.55. The van der Waals surface area contributed by atoms with E-state index in [0.29, 0.717) is 18.0 Å². The molecule has 1 N–H and O–H groups in total. The molecule has 0 fully saturated rings. The number of rotatable bonds is 3. The Bertz CT molecular complexity index is 569. The highest BCUT2D eigenvalue weighted by Crippen LogP contribution is 2.24. The van der Waals surface area contributed by atoms with E-state index in [1.54, 1.807) is 6.07 Å². The van der Waals surface area contributed by atoms with E-state index >= 15 is 0 Å². The summed E-state index contributed by atoms with van der Waals surface area (Å²) in [5.41, 5.74) is 2.26. The normalized spacial score (nSPS) is 11.4. The molecule has 0 saturated carbocycles. The highest BCUT2D eigenvalue weighted by atomic mass is 19.1. The van der Waals surface area contributed by atoms with Gasteiger partial charge in [-0.15, -0.1) is 0 Å². The minimum atomic E-state index is -0.276. The summed E-state index contributed by atoms with van der Waals surface area (Å²) in [7, 11) is 0. The first-order valence-electron chi connectivity index (χ1n) is 5.80. The van der Waals surface area contributed by atoms with E-state index in [2.05, 4.69) is 4.98 Å². The fourth-order valence-corrected chi connectivity index (χ4v) is 2.05. The number of carbonyl (C=O) groups excluding carboxylic acids is 1. The quantitative estimate of drug-likeness (QED) is 0.802. The molecule has 0 saturated heterocycles. The monoisotopic (exact) mass is 233 g/mol. The summed E-state index contributed by atoms with van der Waals surface area (Å²) in [6, 6.07) is 4.53. The van der Waals surface area contributed by atoms with Gasteiger partial charge in [0.05, 0.1) is 5.69 Å². The van der Waals surface area contributed by atoms with Gasteiger partial charge in [-0.2, -0.15) is 0 Å². The topological polar surface area (TPSA) is 32.9 Å². The Morgan fingerprint density at radius 2 is 2.12 bits per heavy atom. The number of halogens is 1. The molecule has 1 heterocycles. The fourth-order valence-electron chi connectivity index (χ4n) is 2.05. The smallest absolute Gasteiger partial charge is 0.179 e. The number of hydrogen-bond acceptors (Lipinski definition) is 1. The Morgan fingerprint density at radius 3 is 2.76 bits per heavy atom. The molecule has 0 amide bonds. The maximum atomic E-state index is 13.1. The van der Waals surface area contributed by atoms with Gasteiger partial charge >= 0.3 is 0 Å². The highest BCUT2D eigenvalue weighted by molar-refractivity contribution is 6.02. The molecular formula is C14H16FNO. The van der Waals surface area contributed by atoms with Crippen LogP contribution >= 0.6 is 0 Å². The molecule has 1 aromatic carbocycles. The van der Waals surface area contributed by atoms with Crippen LogP contribution < -0.4 is 0 Å². The van der Waals surface area contributed by atoms with E-state index in [9.17, 15) is 9.18 Å². The summed E-state index contributed by atoms with van der Waals surface area (Å²) in [6.45, 7) is 5.87. The molecule has 0 spiro atoms. The number of Topliss-reactive ketones (excluding diaryl/α,β-unsaturated/α-hetero) is 1. The molecule has 0 atom stereocenters. The number of hydrogen-bond donors (Lipinski definition) is 1. The predicted molar refractivity (Wildman–Crippen MR) is 66.8 cm³/mol. The first kappa shape index (κ1) is 11.8. The number of fused-ring (bicyclic) bond motifs is 1. The first-order chi connectivity index (χ1) is 7.99. The number of benzene rings is 1. The molecule has 1 aromatic heterocycles. The lowest BCUT2D eigenvalue weighted by atomic mass is 10.0. The standard InChI is InChI=1S/C14H16FNO/c1-8(2)6-13(17)14-9(3)11-7-10(15)4-5-12(11)16-14/h4-5,7-8,16H,6H2,1-3H3. The number of H-pyrrole nitrogens is 1. The lowest BCUT2D eigenvalue weighted by molar-refractivity contribution is 0.0963. The Labute approximate surface area is 99.8 Å². The molecule has 0 aliphatic rings. The second-order valence-electron chi connectivity index (χ2n) is 4.84. The van der Waals surface area contributed by atoms with Crippen LogP contribution in [0.5, 0.6) is 0 Å². The van der Waals surface area contributed by atoms with Crippen LogP contribution in [0, 0.1) is 18.7 Å². The molecule has 0 unspecified atom stereocenters. The van der Waals surface area contributed by atoms with Crippen molar-refractivity contribution in [2.24, 2.45) is 5.92 Å². The van der Waals surface area contributed by atoms with E-state index in [1.165, 1.54) is 12.1 Å². The van der Waals surface area contributed by atoms with Crippen LogP contribution in [0.4, 0.5) is 4.39 Å². The second kappa shape index (κ2) is 4.32. The molecule has 17 heavy (non-hydrogen) atoms. The van der Waals surface area contributed by atoms with Crippen molar-refractivity contribution in [2.75, 3.05) is 0 Å². The van der Waals surface area contributed by atoms with Crippen molar-refractivity contribution in [3.8, 4) is 0 Å². The van der Waals surface area contributed by atoms with Crippen LogP contribution in [0.3, 0.4) is 0 Å². The second-order valence-corrected chi connectivity index (χ2v) is 4.84. The maximum absolute atomic E-state index is 13.1. The molecule has 3 heteroatoms. The van der Waals surface area contributed by atoms with Crippen molar-refractivity contribution < 1.29 is 9.18 Å². The van der Waals surface area contributed by atoms with Gasteiger partial charge in [-0.3, -0.25) is 4.79 Å². The number of ketones is 1. The molecular weight excluding hydrogens is 217 g/mol. The Hall–Kier alpha value is -1.64. The fraction of sp³-hybridized carbons (Fsp3) is 0.357. The molecule has 2 rings (SSSR count). The van der Waals surface area contributed by atoms with Gasteiger partial charge in [-0.05, 0) is 36.6 Å². The van der Waals surface area contributed by atoms with Crippen LogP contribution in [0.25, 0.3) is 10.9 Å². The van der Waals surface area contributed by atoms with Gasteiger partial charge in [0.25, 0.3) is 0 Å². The summed E-state index contributed by atoms with van der Waals surface area (Å²) in [4.78, 5) is 15.1. The van der Waals surface area contributed by atoms with Crippen molar-refractivity contribution >= 4 is 16.7 Å². The molecule has 2 aromatic rings. The van der Waals surface area contributed by atoms with Gasteiger partial charge in [0.1, 0.15) is 5.82 Å². The van der Waals surface area contributed by atoms with Crippen molar-refractivity contribution in [1.82, 2.24) is 4.98 Å². The van der Waals surface area contributed by atoms with Gasteiger partial charge in [0.2, 0.25) is 0 Å². The summed E-state index contributed by atoms with van der Waals surface area (Å²) >= 11 is 0. The van der Waals surface area contributed by atoms with Gasteiger partial charge in [0, 0.05) is 17.3 Å². The average molecular weight is 233 g/mol. The molecule has 0 bridgehead atoms. The zero-order valence-electron chi connectivity index (χ0n) is 10.3. The van der Waals surface area contributed by atoms with E-state index in [-0.39, 0.29) is 11.6 Å². The van der Waals surface area contributed by atoms with E-state index in [4.69, 9.17) is 0 Å². The molecule has 0 aliphatic carbocycles. The third-order valence-corrected chi connectivity index (χ3v) is 2.89. The van der Waals surface area contributed by atoms with E-state index in [0.717, 1.165) is 16.5 Å². The Morgan fingerprint density at radius 1 is 1.41 bits per heavy atom. The van der Waals surface area contributed by atoms with E-state index < -0.39 is 0 Å². The Balaban J connectivity index is 2.49. The van der Waals surface area contributed by atoms with Gasteiger partial charge in [-0.1, -0.05) is 13.8 Å². The lowest BCUT2D eigenvalue weighted by Gasteiger charge is -2.02. The van der Waals surface area contributed by atoms with Crippen molar-refractivity contribution in [1.29, 1.82) is 0 Å². The molecule has 0 radical (unpaired) electrons. The van der Waals surface area contributed by atoms with Crippen LogP contribution in [-0.4, -0.2) is 10.8 Å². The van der Waals surface area contributed by atoms with Gasteiger partial charge in [-0.25, -0.2) is 4.39 Å². The Kier molecular flexibility index (Phi) is 3.01. The first-order valence-corrected chi connectivity index (χ1v) is 5.80. The van der Waals surface area contributed by atoms with Crippen LogP contribution in [0.15, 0.2) is 18.2 Å². The zero-order chi connectivity index (χ0) is 12.6. The minimum absolute atomic E-state index is 0.0918. The largest absolute Gasteiger partial charge is 0.352 e. The third kappa shape index (κ3) is 2.23. The van der Waals surface area contributed by atoms with Crippen LogP contribution in [-0.2, 0) is 0 Å². The van der Waals surface area contributed by atoms with Crippen molar-refractivity contribution in [2.45, 2.75) is 27.2 Å². The highest BCUT2D eigenvalue weighted by Gasteiger charge is 2.15. The summed E-state index contributed by atoms with van der Waals surface area (Å²) in [5.74, 6) is 0.140. The number of carbonyl (C=O) groups is 1. The number of aromatic amines is 1. The SMILES string of the molecule is Cc1c(C(=O)CC(C)C)[nH]c2ccc(F)cc12. The lowest BCUT2D eigenvalue weighted by Crippen LogP contribution is -2.05. The van der Waals surface area contributed by atoms with E-state index in [1.807, 2.05) is 20.8 Å².